The number of H-pyrrole nitrogens is 1. The van der Waals surface area contributed by atoms with Gasteiger partial charge >= 0.3 is 12.3 Å². The number of hydrogen-bond donors (Lipinski definition) is 1. The summed E-state index contributed by atoms with van der Waals surface area (Å²) in [5, 5.41) is 13.1. The van der Waals surface area contributed by atoms with E-state index in [2.05, 4.69) is 25.4 Å². The zero-order chi connectivity index (χ0) is 17.1. The number of nitrogens with one attached hydrogen (secondary N) is 1. The maximum Gasteiger partial charge on any atom is 0.387 e. The summed E-state index contributed by atoms with van der Waals surface area (Å²) in [6.07, 6.45) is 1.67. The number of rotatable bonds is 6. The van der Waals surface area contributed by atoms with Gasteiger partial charge in [-0.15, -0.1) is 5.10 Å². The molecule has 0 fully saturated rings. The van der Waals surface area contributed by atoms with Crippen molar-refractivity contribution in [2.75, 3.05) is 0 Å². The molecule has 2 heterocycles. The Morgan fingerprint density at radius 1 is 1.32 bits per heavy atom. The summed E-state index contributed by atoms with van der Waals surface area (Å²) >= 11 is 0. The molecule has 0 aliphatic rings. The Labute approximate surface area is 138 Å². The SMILES string of the molecule is Cn1ccc(OCc2c(OC(F)F)cccc2-n2nn[nH]c2=O)n1.F. The van der Waals surface area contributed by atoms with Gasteiger partial charge in [0, 0.05) is 19.3 Å². The Hall–Kier alpha value is -3.31. The molecule has 0 atom stereocenters. The zero-order valence-electron chi connectivity index (χ0n) is 12.8. The van der Waals surface area contributed by atoms with E-state index >= 15 is 0 Å². The Balaban J connectivity index is 0.00000225. The van der Waals surface area contributed by atoms with E-state index in [1.165, 1.54) is 22.9 Å². The lowest BCUT2D eigenvalue weighted by Gasteiger charge is -2.14. The van der Waals surface area contributed by atoms with Gasteiger partial charge in [-0.25, -0.2) is 9.89 Å². The summed E-state index contributed by atoms with van der Waals surface area (Å²) in [5.74, 6) is 0.163. The van der Waals surface area contributed by atoms with Crippen molar-refractivity contribution < 1.29 is 23.0 Å². The van der Waals surface area contributed by atoms with Gasteiger partial charge in [-0.3, -0.25) is 9.39 Å². The van der Waals surface area contributed by atoms with E-state index in [1.807, 2.05) is 0 Å². The largest absolute Gasteiger partial charge is 0.472 e. The van der Waals surface area contributed by atoms with Gasteiger partial charge in [-0.2, -0.15) is 13.5 Å². The molecule has 3 rings (SSSR count). The summed E-state index contributed by atoms with van der Waals surface area (Å²) in [5.41, 5.74) is -0.203. The van der Waals surface area contributed by atoms with Crippen LogP contribution in [0.5, 0.6) is 11.6 Å². The first kappa shape index (κ1) is 18.0. The first-order chi connectivity index (χ1) is 11.5. The minimum Gasteiger partial charge on any atom is -0.472 e. The van der Waals surface area contributed by atoms with Crippen LogP contribution in [0.1, 0.15) is 5.56 Å². The number of benzene rings is 1. The quantitative estimate of drug-likeness (QED) is 0.706. The number of tetrazole rings is 1. The monoisotopic (exact) mass is 358 g/mol. The minimum atomic E-state index is -3.03. The van der Waals surface area contributed by atoms with Crippen LogP contribution in [0.2, 0.25) is 0 Å². The number of aromatic nitrogens is 6. The van der Waals surface area contributed by atoms with Crippen molar-refractivity contribution in [2.45, 2.75) is 13.2 Å². The molecule has 0 saturated carbocycles. The van der Waals surface area contributed by atoms with Crippen molar-refractivity contribution in [3.05, 3.63) is 46.5 Å². The number of alkyl halides is 2. The van der Waals surface area contributed by atoms with Gasteiger partial charge in [-0.1, -0.05) is 6.07 Å². The summed E-state index contributed by atoms with van der Waals surface area (Å²) in [4.78, 5) is 11.7. The average Bonchev–Trinajstić information content (AvgIpc) is 3.13. The first-order valence-corrected chi connectivity index (χ1v) is 6.74. The molecule has 0 aliphatic heterocycles. The van der Waals surface area contributed by atoms with Gasteiger partial charge in [0.2, 0.25) is 5.88 Å². The van der Waals surface area contributed by atoms with E-state index in [-0.39, 0.29) is 28.3 Å². The highest BCUT2D eigenvalue weighted by Gasteiger charge is 2.18. The van der Waals surface area contributed by atoms with Gasteiger partial charge in [0.1, 0.15) is 12.4 Å². The van der Waals surface area contributed by atoms with Crippen LogP contribution in [0.4, 0.5) is 13.5 Å². The third kappa shape index (κ3) is 3.97. The molecular formula is C13H13F3N6O3. The Kier molecular flexibility index (Phi) is 5.41. The molecule has 134 valence electrons. The van der Waals surface area contributed by atoms with E-state index in [0.717, 1.165) is 4.68 Å². The van der Waals surface area contributed by atoms with Crippen molar-refractivity contribution in [1.29, 1.82) is 0 Å². The van der Waals surface area contributed by atoms with E-state index in [9.17, 15) is 13.6 Å². The molecule has 0 unspecified atom stereocenters. The molecule has 0 radical (unpaired) electrons. The van der Waals surface area contributed by atoms with Gasteiger partial charge in [-0.05, 0) is 22.6 Å². The fraction of sp³-hybridized carbons (Fsp3) is 0.231. The van der Waals surface area contributed by atoms with Crippen LogP contribution in [0.3, 0.4) is 0 Å². The molecule has 2 aromatic heterocycles. The van der Waals surface area contributed by atoms with E-state index in [0.29, 0.717) is 5.88 Å². The lowest BCUT2D eigenvalue weighted by atomic mass is 10.1. The van der Waals surface area contributed by atoms with E-state index in [4.69, 9.17) is 4.74 Å². The summed E-state index contributed by atoms with van der Waals surface area (Å²) in [6.45, 7) is -3.18. The maximum atomic E-state index is 12.6. The lowest BCUT2D eigenvalue weighted by Crippen LogP contribution is -2.19. The third-order valence-corrected chi connectivity index (χ3v) is 3.08. The number of nitrogens with zero attached hydrogens (tertiary/aromatic N) is 5. The third-order valence-electron chi connectivity index (χ3n) is 3.08. The molecule has 1 aromatic carbocycles. The van der Waals surface area contributed by atoms with Crippen molar-refractivity contribution in [3.8, 4) is 17.3 Å². The zero-order valence-corrected chi connectivity index (χ0v) is 12.8. The smallest absolute Gasteiger partial charge is 0.387 e. The van der Waals surface area contributed by atoms with Gasteiger partial charge in [0.25, 0.3) is 0 Å². The second-order valence-corrected chi connectivity index (χ2v) is 4.67. The molecule has 12 heteroatoms. The second kappa shape index (κ2) is 7.51. The number of aryl methyl sites for hydroxylation is 1. The molecule has 0 aliphatic carbocycles. The molecule has 9 nitrogen and oxygen atoms in total. The summed E-state index contributed by atoms with van der Waals surface area (Å²) < 4.78 is 37.7. The molecule has 0 saturated heterocycles. The molecule has 25 heavy (non-hydrogen) atoms. The predicted octanol–water partition coefficient (Wildman–Crippen LogP) is 1.02. The van der Waals surface area contributed by atoms with Crippen LogP contribution in [0.15, 0.2) is 35.3 Å². The first-order valence-electron chi connectivity index (χ1n) is 6.74. The molecule has 0 amide bonds. The average molecular weight is 358 g/mol. The fourth-order valence-electron chi connectivity index (χ4n) is 2.08. The van der Waals surface area contributed by atoms with Gasteiger partial charge < -0.3 is 9.47 Å². The van der Waals surface area contributed by atoms with Crippen LogP contribution in [0, 0.1) is 0 Å². The highest BCUT2D eigenvalue weighted by molar-refractivity contribution is 5.49. The molecule has 3 aromatic rings. The lowest BCUT2D eigenvalue weighted by molar-refractivity contribution is -0.0508. The fourth-order valence-corrected chi connectivity index (χ4v) is 2.08. The summed E-state index contributed by atoms with van der Waals surface area (Å²) in [6, 6.07) is 5.92. The molecule has 0 bridgehead atoms. The van der Waals surface area contributed by atoms with Crippen LogP contribution in [0.25, 0.3) is 5.69 Å². The highest BCUT2D eigenvalue weighted by atomic mass is 19.3. The highest BCUT2D eigenvalue weighted by Crippen LogP contribution is 2.27. The number of ether oxygens (including phenoxy) is 2. The van der Waals surface area contributed by atoms with E-state index < -0.39 is 12.3 Å². The van der Waals surface area contributed by atoms with Gasteiger partial charge in [0.05, 0.1) is 11.3 Å². The van der Waals surface area contributed by atoms with Gasteiger partial charge in [0.15, 0.2) is 0 Å². The predicted molar refractivity (Wildman–Crippen MR) is 78.7 cm³/mol. The van der Waals surface area contributed by atoms with Crippen LogP contribution < -0.4 is 15.2 Å². The Morgan fingerprint density at radius 3 is 2.72 bits per heavy atom. The molecule has 1 N–H and O–H groups in total. The molecule has 0 spiro atoms. The maximum absolute atomic E-state index is 12.6. The number of halogens is 3. The normalized spacial score (nSPS) is 10.6. The topological polar surface area (TPSA) is 99.9 Å². The van der Waals surface area contributed by atoms with Crippen molar-refractivity contribution >= 4 is 0 Å². The molecular weight excluding hydrogens is 345 g/mol. The minimum absolute atomic E-state index is 0. The Bertz CT molecular complexity index is 891. The van der Waals surface area contributed by atoms with Crippen LogP contribution in [-0.2, 0) is 13.7 Å². The second-order valence-electron chi connectivity index (χ2n) is 4.67. The van der Waals surface area contributed by atoms with Crippen LogP contribution in [-0.4, -0.2) is 36.6 Å². The van der Waals surface area contributed by atoms with Crippen LogP contribution >= 0.6 is 0 Å². The standard InChI is InChI=1S/C13H12F2N6O3.FH/c1-20-6-5-11(17-20)23-7-8-9(21-13(22)16-18-19-21)3-2-4-10(8)24-12(14)15;/h2-6,12H,7H2,1H3,(H,16,19,22);1H. The van der Waals surface area contributed by atoms with Crippen molar-refractivity contribution in [2.24, 2.45) is 7.05 Å². The summed E-state index contributed by atoms with van der Waals surface area (Å²) in [7, 11) is 1.71. The Morgan fingerprint density at radius 2 is 2.12 bits per heavy atom. The van der Waals surface area contributed by atoms with Crippen molar-refractivity contribution in [1.82, 2.24) is 30.0 Å². The number of aromatic amines is 1. The number of hydrogen-bond acceptors (Lipinski definition) is 6. The van der Waals surface area contributed by atoms with E-state index in [1.54, 1.807) is 19.3 Å². The van der Waals surface area contributed by atoms with Crippen molar-refractivity contribution in [3.63, 3.8) is 0 Å².